The van der Waals surface area contributed by atoms with Gasteiger partial charge in [-0.3, -0.25) is 9.97 Å². The Morgan fingerprint density at radius 2 is 0.850 bits per heavy atom. The molecule has 0 N–H and O–H groups in total. The van der Waals surface area contributed by atoms with Gasteiger partial charge in [0.15, 0.2) is 0 Å². The molecule has 0 aliphatic rings. The Morgan fingerprint density at radius 3 is 1.25 bits per heavy atom. The SMILES string of the molecule is c1ccc2cnccc2c1.c1ccc2cnccc2c1. The quantitative estimate of drug-likeness (QED) is 0.465. The average molecular weight is 258 g/mol. The van der Waals surface area contributed by atoms with E-state index in [4.69, 9.17) is 0 Å². The Kier molecular flexibility index (Phi) is 3.65. The number of pyridine rings is 2. The highest BCUT2D eigenvalue weighted by Gasteiger charge is 1.86. The fourth-order valence-corrected chi connectivity index (χ4v) is 2.05. The molecular weight excluding hydrogens is 244 g/mol. The van der Waals surface area contributed by atoms with Crippen LogP contribution < -0.4 is 0 Å². The smallest absolute Gasteiger partial charge is 0.0346 e. The van der Waals surface area contributed by atoms with Crippen LogP contribution in [0.25, 0.3) is 21.5 Å². The van der Waals surface area contributed by atoms with Crippen LogP contribution in [0.5, 0.6) is 0 Å². The lowest BCUT2D eigenvalue weighted by atomic mass is 10.2. The van der Waals surface area contributed by atoms with Gasteiger partial charge in [-0.1, -0.05) is 48.5 Å². The summed E-state index contributed by atoms with van der Waals surface area (Å²) in [6.07, 6.45) is 7.36. The first-order valence-electron chi connectivity index (χ1n) is 6.51. The third-order valence-corrected chi connectivity index (χ3v) is 3.10. The molecule has 2 heteroatoms. The van der Waals surface area contributed by atoms with Crippen LogP contribution >= 0.6 is 0 Å². The minimum Gasteiger partial charge on any atom is -0.264 e. The van der Waals surface area contributed by atoms with E-state index < -0.39 is 0 Å². The summed E-state index contributed by atoms with van der Waals surface area (Å²) in [6.45, 7) is 0. The van der Waals surface area contributed by atoms with Gasteiger partial charge in [-0.15, -0.1) is 0 Å². The van der Waals surface area contributed by atoms with Crippen molar-refractivity contribution in [3.05, 3.63) is 85.5 Å². The first kappa shape index (κ1) is 12.3. The zero-order valence-electron chi connectivity index (χ0n) is 11.0. The number of hydrogen-bond donors (Lipinski definition) is 0. The van der Waals surface area contributed by atoms with Gasteiger partial charge in [-0.2, -0.15) is 0 Å². The van der Waals surface area contributed by atoms with Gasteiger partial charge in [0.25, 0.3) is 0 Å². The van der Waals surface area contributed by atoms with Crippen LogP contribution in [-0.4, -0.2) is 9.97 Å². The zero-order valence-corrected chi connectivity index (χ0v) is 11.0. The van der Waals surface area contributed by atoms with Gasteiger partial charge in [0.1, 0.15) is 0 Å². The monoisotopic (exact) mass is 258 g/mol. The lowest BCUT2D eigenvalue weighted by molar-refractivity contribution is 1.36. The van der Waals surface area contributed by atoms with Crippen molar-refractivity contribution in [2.24, 2.45) is 0 Å². The largest absolute Gasteiger partial charge is 0.264 e. The number of hydrogen-bond acceptors (Lipinski definition) is 2. The minimum atomic E-state index is 1.20. The Hall–Kier alpha value is -2.74. The van der Waals surface area contributed by atoms with Crippen LogP contribution in [-0.2, 0) is 0 Å². The van der Waals surface area contributed by atoms with E-state index in [-0.39, 0.29) is 0 Å². The maximum Gasteiger partial charge on any atom is 0.0346 e. The summed E-state index contributed by atoms with van der Waals surface area (Å²) in [7, 11) is 0. The van der Waals surface area contributed by atoms with Crippen molar-refractivity contribution in [1.82, 2.24) is 9.97 Å². The fourth-order valence-electron chi connectivity index (χ4n) is 2.05. The Labute approximate surface area is 117 Å². The van der Waals surface area contributed by atoms with Gasteiger partial charge in [-0.25, -0.2) is 0 Å². The third kappa shape index (κ3) is 2.81. The van der Waals surface area contributed by atoms with E-state index >= 15 is 0 Å². The first-order chi connectivity index (χ1) is 9.93. The van der Waals surface area contributed by atoms with Gasteiger partial charge < -0.3 is 0 Å². The van der Waals surface area contributed by atoms with E-state index in [1.807, 2.05) is 61.2 Å². The number of rotatable bonds is 0. The normalized spacial score (nSPS) is 10.0. The van der Waals surface area contributed by atoms with Crippen molar-refractivity contribution < 1.29 is 0 Å². The predicted molar refractivity (Wildman–Crippen MR) is 83.5 cm³/mol. The van der Waals surface area contributed by atoms with Crippen LogP contribution in [0.15, 0.2) is 85.5 Å². The summed E-state index contributed by atoms with van der Waals surface area (Å²) in [6, 6.07) is 20.4. The molecule has 4 aromatic rings. The number of benzene rings is 2. The predicted octanol–water partition coefficient (Wildman–Crippen LogP) is 4.47. The molecule has 0 fully saturated rings. The van der Waals surface area contributed by atoms with Crippen molar-refractivity contribution in [2.45, 2.75) is 0 Å². The maximum absolute atomic E-state index is 4.01. The van der Waals surface area contributed by atoms with E-state index in [1.54, 1.807) is 0 Å². The molecule has 0 unspecified atom stereocenters. The van der Waals surface area contributed by atoms with Gasteiger partial charge in [0, 0.05) is 24.8 Å². The Morgan fingerprint density at radius 1 is 0.450 bits per heavy atom. The molecule has 0 spiro atoms. The highest BCUT2D eigenvalue weighted by molar-refractivity contribution is 5.81. The van der Waals surface area contributed by atoms with Crippen molar-refractivity contribution in [2.75, 3.05) is 0 Å². The fraction of sp³-hybridized carbons (Fsp3) is 0. The number of nitrogens with zero attached hydrogens (tertiary/aromatic N) is 2. The summed E-state index contributed by atoms with van der Waals surface area (Å²) in [5.74, 6) is 0. The van der Waals surface area contributed by atoms with E-state index in [0.717, 1.165) is 0 Å². The molecule has 4 rings (SSSR count). The second kappa shape index (κ2) is 5.93. The zero-order chi connectivity index (χ0) is 13.6. The number of fused-ring (bicyclic) bond motifs is 2. The molecule has 0 aliphatic carbocycles. The van der Waals surface area contributed by atoms with Crippen LogP contribution in [0.2, 0.25) is 0 Å². The van der Waals surface area contributed by atoms with Crippen LogP contribution in [0.1, 0.15) is 0 Å². The topological polar surface area (TPSA) is 25.8 Å². The molecule has 2 nitrogen and oxygen atoms in total. The lowest BCUT2D eigenvalue weighted by Gasteiger charge is -1.91. The highest BCUT2D eigenvalue weighted by Crippen LogP contribution is 2.10. The highest BCUT2D eigenvalue weighted by atomic mass is 14.6. The lowest BCUT2D eigenvalue weighted by Crippen LogP contribution is -1.71. The van der Waals surface area contributed by atoms with E-state index in [1.165, 1.54) is 21.5 Å². The second-order valence-corrected chi connectivity index (χ2v) is 4.45. The molecule has 0 atom stereocenters. The van der Waals surface area contributed by atoms with Crippen LogP contribution in [0.4, 0.5) is 0 Å². The molecule has 0 aliphatic heterocycles. The van der Waals surface area contributed by atoms with Crippen molar-refractivity contribution in [3.8, 4) is 0 Å². The summed E-state index contributed by atoms with van der Waals surface area (Å²) >= 11 is 0. The van der Waals surface area contributed by atoms with Crippen LogP contribution in [0.3, 0.4) is 0 Å². The Bertz CT molecular complexity index is 623. The maximum atomic E-state index is 4.01. The van der Waals surface area contributed by atoms with E-state index in [2.05, 4.69) is 34.2 Å². The molecule has 20 heavy (non-hydrogen) atoms. The standard InChI is InChI=1S/2C9H7N/c2*1-2-4-9-7-10-6-5-8(9)3-1/h2*1-7H. The molecule has 96 valence electrons. The first-order valence-corrected chi connectivity index (χ1v) is 6.51. The van der Waals surface area contributed by atoms with Crippen molar-refractivity contribution in [3.63, 3.8) is 0 Å². The molecule has 0 amide bonds. The van der Waals surface area contributed by atoms with Crippen LogP contribution in [0, 0.1) is 0 Å². The van der Waals surface area contributed by atoms with Crippen molar-refractivity contribution >= 4 is 21.5 Å². The molecule has 0 saturated heterocycles. The van der Waals surface area contributed by atoms with E-state index in [0.29, 0.717) is 0 Å². The molecular formula is C18H14N2. The van der Waals surface area contributed by atoms with Gasteiger partial charge in [0.2, 0.25) is 0 Å². The summed E-state index contributed by atoms with van der Waals surface area (Å²) in [5, 5.41) is 4.89. The van der Waals surface area contributed by atoms with E-state index in [9.17, 15) is 0 Å². The van der Waals surface area contributed by atoms with Gasteiger partial charge in [0.05, 0.1) is 0 Å². The summed E-state index contributed by atoms with van der Waals surface area (Å²) in [4.78, 5) is 8.03. The number of aromatic nitrogens is 2. The molecule has 2 heterocycles. The van der Waals surface area contributed by atoms with Gasteiger partial charge >= 0.3 is 0 Å². The molecule has 0 bridgehead atoms. The van der Waals surface area contributed by atoms with Gasteiger partial charge in [-0.05, 0) is 33.7 Å². The summed E-state index contributed by atoms with van der Waals surface area (Å²) < 4.78 is 0. The third-order valence-electron chi connectivity index (χ3n) is 3.10. The molecule has 2 aromatic heterocycles. The second-order valence-electron chi connectivity index (χ2n) is 4.45. The molecule has 2 aromatic carbocycles. The molecule has 0 radical (unpaired) electrons. The molecule has 0 saturated carbocycles. The van der Waals surface area contributed by atoms with Crippen molar-refractivity contribution in [1.29, 1.82) is 0 Å². The summed E-state index contributed by atoms with van der Waals surface area (Å²) in [5.41, 5.74) is 0. The minimum absolute atomic E-state index is 1.20. The average Bonchev–Trinajstić information content (AvgIpc) is 2.56. The Balaban J connectivity index is 0.000000121.